The molecule has 3 nitrogen and oxygen atoms in total. The summed E-state index contributed by atoms with van der Waals surface area (Å²) in [5.41, 5.74) is 0. The second-order valence-electron chi connectivity index (χ2n) is 3.14. The second-order valence-corrected chi connectivity index (χ2v) is 3.14. The van der Waals surface area contributed by atoms with Crippen molar-refractivity contribution in [3.05, 3.63) is 0 Å². The van der Waals surface area contributed by atoms with E-state index >= 15 is 0 Å². The van der Waals surface area contributed by atoms with Gasteiger partial charge in [-0.2, -0.15) is 0 Å². The highest BCUT2D eigenvalue weighted by Crippen LogP contribution is 2.06. The Morgan fingerprint density at radius 1 is 1.42 bits per heavy atom. The van der Waals surface area contributed by atoms with E-state index in [9.17, 15) is 4.79 Å². The Labute approximate surface area is 73.7 Å². The van der Waals surface area contributed by atoms with Crippen LogP contribution in [-0.4, -0.2) is 23.3 Å². The predicted octanol–water partition coefficient (Wildman–Crippen LogP) is 2.05. The van der Waals surface area contributed by atoms with Gasteiger partial charge in [0, 0.05) is 0 Å². The first-order valence-corrected chi connectivity index (χ1v) is 4.43. The fourth-order valence-electron chi connectivity index (χ4n) is 1.17. The summed E-state index contributed by atoms with van der Waals surface area (Å²) in [5, 5.41) is 8.45. The van der Waals surface area contributed by atoms with Crippen LogP contribution in [0.5, 0.6) is 0 Å². The molecule has 0 aromatic heterocycles. The molecule has 3 heteroatoms. The maximum Gasteiger partial charge on any atom is 0.305 e. The zero-order valence-corrected chi connectivity index (χ0v) is 8.04. The highest BCUT2D eigenvalue weighted by atomic mass is 16.5. The largest absolute Gasteiger partial charge is 0.481 e. The Balaban J connectivity index is 3.53. The van der Waals surface area contributed by atoms with Crippen molar-refractivity contribution in [2.45, 2.75) is 52.2 Å². The number of rotatable bonds is 6. The standard InChI is InChI=1S/C9H18O3/c1-4-5-7(2)12-8(3)6-9(10)11/h7-8H,4-6H2,1-3H3,(H,10,11)/t7?,8-/m0/s1. The van der Waals surface area contributed by atoms with Gasteiger partial charge in [0.1, 0.15) is 0 Å². The van der Waals surface area contributed by atoms with Crippen LogP contribution in [0.2, 0.25) is 0 Å². The van der Waals surface area contributed by atoms with Crippen LogP contribution in [0, 0.1) is 0 Å². The number of carboxylic acids is 1. The summed E-state index contributed by atoms with van der Waals surface area (Å²) >= 11 is 0. The van der Waals surface area contributed by atoms with Crippen molar-refractivity contribution in [1.82, 2.24) is 0 Å². The maximum absolute atomic E-state index is 10.3. The van der Waals surface area contributed by atoms with E-state index in [2.05, 4.69) is 6.92 Å². The first-order chi connectivity index (χ1) is 5.56. The average Bonchev–Trinajstić information content (AvgIpc) is 1.84. The first-order valence-electron chi connectivity index (χ1n) is 4.43. The summed E-state index contributed by atoms with van der Waals surface area (Å²) in [4.78, 5) is 10.3. The molecule has 0 saturated carbocycles. The topological polar surface area (TPSA) is 46.5 Å². The second kappa shape index (κ2) is 6.00. The lowest BCUT2D eigenvalue weighted by Crippen LogP contribution is -2.19. The SMILES string of the molecule is CCCC(C)O[C@@H](C)CC(=O)O. The molecule has 0 aromatic carbocycles. The molecule has 0 saturated heterocycles. The van der Waals surface area contributed by atoms with Gasteiger partial charge in [0.25, 0.3) is 0 Å². The van der Waals surface area contributed by atoms with Crippen molar-refractivity contribution < 1.29 is 14.6 Å². The van der Waals surface area contributed by atoms with Crippen LogP contribution in [0.15, 0.2) is 0 Å². The molecule has 1 unspecified atom stereocenters. The molecule has 0 aliphatic rings. The number of carboxylic acid groups (broad SMARTS) is 1. The van der Waals surface area contributed by atoms with Gasteiger partial charge in [-0.25, -0.2) is 0 Å². The fraction of sp³-hybridized carbons (Fsp3) is 0.889. The third-order valence-corrected chi connectivity index (χ3v) is 1.62. The molecule has 0 amide bonds. The summed E-state index contributed by atoms with van der Waals surface area (Å²) in [6, 6.07) is 0. The summed E-state index contributed by atoms with van der Waals surface area (Å²) in [6.07, 6.45) is 2.15. The summed E-state index contributed by atoms with van der Waals surface area (Å²) in [5.74, 6) is -0.800. The predicted molar refractivity (Wildman–Crippen MR) is 47.2 cm³/mol. The molecular formula is C9H18O3. The summed E-state index contributed by atoms with van der Waals surface area (Å²) in [7, 11) is 0. The minimum atomic E-state index is -0.800. The van der Waals surface area contributed by atoms with Crippen LogP contribution >= 0.6 is 0 Å². The van der Waals surface area contributed by atoms with Crippen LogP contribution in [0.1, 0.15) is 40.0 Å². The van der Waals surface area contributed by atoms with Crippen LogP contribution in [0.4, 0.5) is 0 Å². The molecule has 0 heterocycles. The Bertz CT molecular complexity index is 134. The van der Waals surface area contributed by atoms with Crippen molar-refractivity contribution in [2.75, 3.05) is 0 Å². The van der Waals surface area contributed by atoms with E-state index in [1.54, 1.807) is 6.92 Å². The van der Waals surface area contributed by atoms with Gasteiger partial charge in [-0.15, -0.1) is 0 Å². The molecule has 0 spiro atoms. The highest BCUT2D eigenvalue weighted by Gasteiger charge is 2.10. The van der Waals surface area contributed by atoms with Crippen molar-refractivity contribution in [3.8, 4) is 0 Å². The van der Waals surface area contributed by atoms with Gasteiger partial charge in [-0.1, -0.05) is 13.3 Å². The highest BCUT2D eigenvalue weighted by molar-refractivity contribution is 5.67. The maximum atomic E-state index is 10.3. The van der Waals surface area contributed by atoms with Gasteiger partial charge in [-0.3, -0.25) is 4.79 Å². The Kier molecular flexibility index (Phi) is 5.72. The number of hydrogen-bond donors (Lipinski definition) is 1. The number of carbonyl (C=O) groups is 1. The monoisotopic (exact) mass is 174 g/mol. The van der Waals surface area contributed by atoms with Crippen molar-refractivity contribution in [3.63, 3.8) is 0 Å². The van der Waals surface area contributed by atoms with E-state index in [1.165, 1.54) is 0 Å². The quantitative estimate of drug-likeness (QED) is 0.670. The average molecular weight is 174 g/mol. The number of ether oxygens (including phenoxy) is 1. The molecule has 0 rings (SSSR count). The van der Waals surface area contributed by atoms with E-state index in [1.807, 2.05) is 6.92 Å². The fourth-order valence-corrected chi connectivity index (χ4v) is 1.17. The van der Waals surface area contributed by atoms with Crippen LogP contribution in [-0.2, 0) is 9.53 Å². The molecule has 1 N–H and O–H groups in total. The van der Waals surface area contributed by atoms with Crippen molar-refractivity contribution >= 4 is 5.97 Å². The lowest BCUT2D eigenvalue weighted by molar-refractivity contribution is -0.140. The molecule has 0 bridgehead atoms. The lowest BCUT2D eigenvalue weighted by atomic mass is 10.2. The third-order valence-electron chi connectivity index (χ3n) is 1.62. The molecule has 72 valence electrons. The van der Waals surface area contributed by atoms with Crippen molar-refractivity contribution in [1.29, 1.82) is 0 Å². The zero-order chi connectivity index (χ0) is 9.56. The van der Waals surface area contributed by atoms with E-state index in [-0.39, 0.29) is 18.6 Å². The molecular weight excluding hydrogens is 156 g/mol. The summed E-state index contributed by atoms with van der Waals surface area (Å²) in [6.45, 7) is 5.85. The van der Waals surface area contributed by atoms with Gasteiger partial charge in [0.15, 0.2) is 0 Å². The number of aliphatic carboxylic acids is 1. The molecule has 2 atom stereocenters. The van der Waals surface area contributed by atoms with E-state index < -0.39 is 5.97 Å². The molecule has 0 aromatic rings. The van der Waals surface area contributed by atoms with Crippen LogP contribution < -0.4 is 0 Å². The molecule has 12 heavy (non-hydrogen) atoms. The minimum absolute atomic E-state index is 0.0913. The molecule has 0 aliphatic heterocycles. The van der Waals surface area contributed by atoms with E-state index in [0.29, 0.717) is 0 Å². The normalized spacial score (nSPS) is 15.6. The Hall–Kier alpha value is -0.570. The van der Waals surface area contributed by atoms with Gasteiger partial charge in [-0.05, 0) is 20.3 Å². The van der Waals surface area contributed by atoms with E-state index in [0.717, 1.165) is 12.8 Å². The Morgan fingerprint density at radius 2 is 2.00 bits per heavy atom. The minimum Gasteiger partial charge on any atom is -0.481 e. The van der Waals surface area contributed by atoms with Gasteiger partial charge in [0.2, 0.25) is 0 Å². The van der Waals surface area contributed by atoms with Gasteiger partial charge >= 0.3 is 5.97 Å². The first kappa shape index (κ1) is 11.4. The zero-order valence-electron chi connectivity index (χ0n) is 8.04. The van der Waals surface area contributed by atoms with Gasteiger partial charge in [0.05, 0.1) is 18.6 Å². The van der Waals surface area contributed by atoms with Crippen LogP contribution in [0.25, 0.3) is 0 Å². The van der Waals surface area contributed by atoms with Gasteiger partial charge < -0.3 is 9.84 Å². The molecule has 0 radical (unpaired) electrons. The Morgan fingerprint density at radius 3 is 2.42 bits per heavy atom. The van der Waals surface area contributed by atoms with Crippen LogP contribution in [0.3, 0.4) is 0 Å². The smallest absolute Gasteiger partial charge is 0.305 e. The number of hydrogen-bond acceptors (Lipinski definition) is 2. The van der Waals surface area contributed by atoms with E-state index in [4.69, 9.17) is 9.84 Å². The lowest BCUT2D eigenvalue weighted by Gasteiger charge is -2.16. The third kappa shape index (κ3) is 6.16. The van der Waals surface area contributed by atoms with Crippen molar-refractivity contribution in [2.24, 2.45) is 0 Å². The molecule has 0 fully saturated rings. The molecule has 0 aliphatic carbocycles. The summed E-state index contributed by atoms with van der Waals surface area (Å²) < 4.78 is 5.42.